The minimum Gasteiger partial charge on any atom is -0.390 e. The monoisotopic (exact) mass is 766 g/mol. The van der Waals surface area contributed by atoms with Gasteiger partial charge in [0.1, 0.15) is 0 Å². The van der Waals surface area contributed by atoms with E-state index in [2.05, 4.69) is 51.0 Å². The number of carbonyl (C=O) groups is 3. The van der Waals surface area contributed by atoms with Crippen LogP contribution in [-0.2, 0) is 31.0 Å². The fourth-order valence-electron chi connectivity index (χ4n) is 6.91. The minimum atomic E-state index is -0.694. The maximum absolute atomic E-state index is 12.8. The molecule has 0 bridgehead atoms. The molecule has 0 aliphatic carbocycles. The van der Waals surface area contributed by atoms with Gasteiger partial charge in [0.15, 0.2) is 0 Å². The van der Waals surface area contributed by atoms with Crippen molar-refractivity contribution in [3.05, 3.63) is 120 Å². The van der Waals surface area contributed by atoms with Crippen molar-refractivity contribution in [2.75, 3.05) is 31.9 Å². The molecule has 0 spiro atoms. The largest absolute Gasteiger partial charge is 0.390 e. The number of pyridine rings is 4. The van der Waals surface area contributed by atoms with Crippen LogP contribution in [0.4, 0.5) is 4.79 Å². The third-order valence-electron chi connectivity index (χ3n) is 9.56. The topological polar surface area (TPSA) is 178 Å². The molecular weight excluding hydrogens is 717 g/mol. The van der Waals surface area contributed by atoms with Crippen LogP contribution < -0.4 is 21.3 Å². The number of hydrogen-bond acceptors (Lipinski definition) is 11. The molecule has 6 rings (SSSR count). The van der Waals surface area contributed by atoms with Gasteiger partial charge in [-0.15, -0.1) is 0 Å². The number of unbranched alkanes of at least 4 members (excludes halogenated alkanes) is 1. The van der Waals surface area contributed by atoms with Crippen LogP contribution in [0.15, 0.2) is 91.5 Å². The molecule has 290 valence electrons. The number of rotatable bonds is 21. The summed E-state index contributed by atoms with van der Waals surface area (Å²) in [7, 11) is 0. The molecule has 2 aliphatic rings. The molecular formula is C40H50N10O4S. The summed E-state index contributed by atoms with van der Waals surface area (Å²) >= 11 is 1.88. The number of nitrogens with zero attached hydrogens (tertiary/aromatic N) is 6. The molecule has 6 heterocycles. The van der Waals surface area contributed by atoms with Crippen LogP contribution in [0.25, 0.3) is 0 Å². The Balaban J connectivity index is 0.945. The standard InChI is InChI=1S/C40H50N10O4S/c51-34(26-49(22-30-9-3-6-16-41-30)23-31-10-4-7-17-42-31)27-50(24-32-11-5-8-18-43-32)25-33-15-14-29(21-46-33)39(53)45-20-19-44-37(52)13-2-1-12-36-38-35(28-55-36)47-40(54)48-38/h3-11,14-18,21,34-36,38,51H,1-2,12-13,19-20,22-28H2,(H,44,52)(H,45,53)(H2,47,48,54)/t34?,35?,36-,38?/m0/s1. The van der Waals surface area contributed by atoms with Crippen LogP contribution in [0, 0.1) is 0 Å². The van der Waals surface area contributed by atoms with Crippen molar-refractivity contribution in [3.8, 4) is 0 Å². The van der Waals surface area contributed by atoms with Gasteiger partial charge in [-0.3, -0.25) is 39.3 Å². The molecule has 55 heavy (non-hydrogen) atoms. The van der Waals surface area contributed by atoms with E-state index in [1.165, 1.54) is 0 Å². The molecule has 14 nitrogen and oxygen atoms in total. The van der Waals surface area contributed by atoms with Gasteiger partial charge in [0.25, 0.3) is 5.91 Å². The highest BCUT2D eigenvalue weighted by atomic mass is 32.2. The molecule has 2 fully saturated rings. The van der Waals surface area contributed by atoms with Crippen LogP contribution in [0.5, 0.6) is 0 Å². The zero-order valence-electron chi connectivity index (χ0n) is 30.9. The van der Waals surface area contributed by atoms with Crippen molar-refractivity contribution >= 4 is 29.6 Å². The Morgan fingerprint density at radius 1 is 0.764 bits per heavy atom. The normalized spacial score (nSPS) is 18.1. The lowest BCUT2D eigenvalue weighted by atomic mass is 10.0. The van der Waals surface area contributed by atoms with Crippen molar-refractivity contribution < 1.29 is 19.5 Å². The van der Waals surface area contributed by atoms with E-state index in [9.17, 15) is 19.5 Å². The first-order valence-electron chi connectivity index (χ1n) is 18.9. The molecule has 4 amide bonds. The average molecular weight is 767 g/mol. The molecule has 4 atom stereocenters. The van der Waals surface area contributed by atoms with E-state index in [4.69, 9.17) is 0 Å². The Hall–Kier alpha value is -4.96. The highest BCUT2D eigenvalue weighted by Gasteiger charge is 2.42. The van der Waals surface area contributed by atoms with Gasteiger partial charge in [-0.25, -0.2) is 4.79 Å². The first kappa shape index (κ1) is 39.7. The van der Waals surface area contributed by atoms with Gasteiger partial charge in [-0.2, -0.15) is 11.8 Å². The van der Waals surface area contributed by atoms with Gasteiger partial charge in [0, 0.05) is 94.6 Å². The first-order chi connectivity index (χ1) is 26.9. The third-order valence-corrected chi connectivity index (χ3v) is 11.1. The highest BCUT2D eigenvalue weighted by molar-refractivity contribution is 8.00. The second-order valence-corrected chi connectivity index (χ2v) is 15.2. The summed E-state index contributed by atoms with van der Waals surface area (Å²) in [6.45, 7) is 3.48. The van der Waals surface area contributed by atoms with Crippen molar-refractivity contribution in [2.24, 2.45) is 0 Å². The number of aliphatic hydroxyl groups is 1. The highest BCUT2D eigenvalue weighted by Crippen LogP contribution is 2.33. The molecule has 0 radical (unpaired) electrons. The average Bonchev–Trinajstić information content (AvgIpc) is 3.75. The summed E-state index contributed by atoms with van der Waals surface area (Å²) in [5.74, 6) is 0.623. The summed E-state index contributed by atoms with van der Waals surface area (Å²) in [5.41, 5.74) is 3.87. The Morgan fingerprint density at radius 3 is 1.89 bits per heavy atom. The fourth-order valence-corrected chi connectivity index (χ4v) is 8.45. The smallest absolute Gasteiger partial charge is 0.315 e. The molecule has 3 unspecified atom stereocenters. The Kier molecular flexibility index (Phi) is 14.9. The van der Waals surface area contributed by atoms with Crippen molar-refractivity contribution in [3.63, 3.8) is 0 Å². The third kappa shape index (κ3) is 12.8. The van der Waals surface area contributed by atoms with Gasteiger partial charge in [-0.1, -0.05) is 24.6 Å². The first-order valence-corrected chi connectivity index (χ1v) is 19.9. The zero-order chi connectivity index (χ0) is 38.2. The maximum atomic E-state index is 12.8. The summed E-state index contributed by atoms with van der Waals surface area (Å²) in [4.78, 5) is 59.1. The molecule has 2 aliphatic heterocycles. The predicted octanol–water partition coefficient (Wildman–Crippen LogP) is 2.90. The predicted molar refractivity (Wildman–Crippen MR) is 210 cm³/mol. The van der Waals surface area contributed by atoms with Gasteiger partial charge >= 0.3 is 6.03 Å². The summed E-state index contributed by atoms with van der Waals surface area (Å²) in [6.07, 6.45) is 9.25. The quantitative estimate of drug-likeness (QED) is 0.0623. The second kappa shape index (κ2) is 20.6. The summed E-state index contributed by atoms with van der Waals surface area (Å²) in [6, 6.07) is 21.3. The van der Waals surface area contributed by atoms with Crippen LogP contribution >= 0.6 is 11.8 Å². The van der Waals surface area contributed by atoms with Gasteiger partial charge in [0.05, 0.1) is 46.5 Å². The molecule has 0 saturated carbocycles. The van der Waals surface area contributed by atoms with Gasteiger partial charge < -0.3 is 26.4 Å². The van der Waals surface area contributed by atoms with Crippen molar-refractivity contribution in [1.29, 1.82) is 0 Å². The SMILES string of the molecule is O=C(CCCC[C@@H]1SCC2NC(=O)NC21)NCCNC(=O)c1ccc(CN(Cc2ccccn2)CC(O)CN(Cc2ccccn2)Cc2ccccn2)nc1. The number of hydrogen-bond donors (Lipinski definition) is 5. The lowest BCUT2D eigenvalue weighted by Gasteiger charge is -2.29. The van der Waals surface area contributed by atoms with Gasteiger partial charge in [-0.05, 0) is 61.4 Å². The van der Waals surface area contributed by atoms with Crippen molar-refractivity contribution in [1.82, 2.24) is 51.0 Å². The minimum absolute atomic E-state index is 0.0393. The number of aromatic nitrogens is 4. The van der Waals surface area contributed by atoms with E-state index in [0.717, 1.165) is 47.8 Å². The van der Waals surface area contributed by atoms with E-state index >= 15 is 0 Å². The number of carbonyl (C=O) groups excluding carboxylic acids is 3. The van der Waals surface area contributed by atoms with E-state index in [1.807, 2.05) is 72.4 Å². The molecule has 2 saturated heterocycles. The van der Waals surface area contributed by atoms with E-state index in [0.29, 0.717) is 69.6 Å². The lowest BCUT2D eigenvalue weighted by molar-refractivity contribution is -0.121. The molecule has 15 heteroatoms. The fraction of sp³-hybridized carbons (Fsp3) is 0.425. The Morgan fingerprint density at radius 2 is 1.35 bits per heavy atom. The van der Waals surface area contributed by atoms with Crippen LogP contribution in [0.2, 0.25) is 0 Å². The zero-order valence-corrected chi connectivity index (χ0v) is 31.7. The van der Waals surface area contributed by atoms with E-state index in [-0.39, 0.29) is 29.9 Å². The summed E-state index contributed by atoms with van der Waals surface area (Å²) < 4.78 is 0. The number of urea groups is 1. The number of thioether (sulfide) groups is 1. The van der Waals surface area contributed by atoms with E-state index < -0.39 is 6.10 Å². The molecule has 5 N–H and O–H groups in total. The van der Waals surface area contributed by atoms with Crippen molar-refractivity contribution in [2.45, 2.75) is 75.3 Å². The number of nitrogens with one attached hydrogen (secondary N) is 4. The second-order valence-electron chi connectivity index (χ2n) is 14.0. The Bertz CT molecular complexity index is 1750. The number of fused-ring (bicyclic) bond motifs is 1. The van der Waals surface area contributed by atoms with E-state index in [1.54, 1.807) is 30.9 Å². The molecule has 4 aromatic heterocycles. The Labute approximate surface area is 326 Å². The molecule has 0 aromatic carbocycles. The van der Waals surface area contributed by atoms with Gasteiger partial charge in [0.2, 0.25) is 5.91 Å². The lowest BCUT2D eigenvalue weighted by Crippen LogP contribution is -2.40. The van der Waals surface area contributed by atoms with Crippen LogP contribution in [-0.4, -0.2) is 108 Å². The number of aliphatic hydroxyl groups excluding tert-OH is 1. The maximum Gasteiger partial charge on any atom is 0.315 e. The molecule has 4 aromatic rings. The van der Waals surface area contributed by atoms with Crippen LogP contribution in [0.3, 0.4) is 0 Å². The van der Waals surface area contributed by atoms with Crippen LogP contribution in [0.1, 0.15) is 58.8 Å². The number of amides is 4. The summed E-state index contributed by atoms with van der Waals surface area (Å²) in [5, 5.41) is 23.5.